The van der Waals surface area contributed by atoms with E-state index in [9.17, 15) is 0 Å². The molecule has 0 bridgehead atoms. The molecule has 1 heterocycles. The molecule has 0 fully saturated rings. The van der Waals surface area contributed by atoms with Crippen molar-refractivity contribution in [3.8, 4) is 20.4 Å². The van der Waals surface area contributed by atoms with Crippen molar-refractivity contribution >= 4 is 20.7 Å². The number of hydrogen-bond acceptors (Lipinski definition) is 1. The van der Waals surface area contributed by atoms with Crippen molar-refractivity contribution < 1.29 is 0 Å². The van der Waals surface area contributed by atoms with Gasteiger partial charge in [-0.3, -0.25) is 0 Å². The molecule has 0 aliphatic rings. The first-order valence-electron chi connectivity index (χ1n) is 5.51. The van der Waals surface area contributed by atoms with Crippen molar-refractivity contribution in [2.45, 2.75) is 0 Å². The Hall–Kier alpha value is -1.36. The van der Waals surface area contributed by atoms with Crippen LogP contribution in [0.15, 0.2) is 66.7 Å². The van der Waals surface area contributed by atoms with Crippen molar-refractivity contribution in [3.63, 3.8) is 0 Å². The maximum absolute atomic E-state index is 4.72. The van der Waals surface area contributed by atoms with E-state index >= 15 is 0 Å². The average molecular weight is 333 g/mol. The van der Waals surface area contributed by atoms with E-state index in [0.29, 0.717) is 0 Å². The van der Waals surface area contributed by atoms with Gasteiger partial charge in [-0.15, -0.1) is 0 Å². The van der Waals surface area contributed by atoms with Gasteiger partial charge in [0.2, 0.25) is 0 Å². The molecule has 0 unspecified atom stereocenters. The number of hydrogen-bond donors (Lipinski definition) is 0. The Bertz CT molecular complexity index is 545. The van der Waals surface area contributed by atoms with E-state index in [1.165, 1.54) is 14.7 Å². The van der Waals surface area contributed by atoms with Gasteiger partial charge in [0.25, 0.3) is 0 Å². The fraction of sp³-hybridized carbons (Fsp3) is 0. The van der Waals surface area contributed by atoms with E-state index in [0.717, 1.165) is 5.69 Å². The third-order valence-corrected chi connectivity index (χ3v) is 5.03. The van der Waals surface area contributed by atoms with Crippen LogP contribution in [0.4, 0.5) is 0 Å². The quantitative estimate of drug-likeness (QED) is 0.655. The third-order valence-electron chi connectivity index (χ3n) is 2.64. The molecule has 0 atom stereocenters. The Labute approximate surface area is 111 Å². The van der Waals surface area contributed by atoms with Crippen molar-refractivity contribution in [2.24, 2.45) is 0 Å². The molecule has 2 heteroatoms. The molecule has 82 valence electrons. The van der Waals surface area contributed by atoms with Crippen LogP contribution in [0.1, 0.15) is 0 Å². The van der Waals surface area contributed by atoms with E-state index in [1.54, 1.807) is 0 Å². The van der Waals surface area contributed by atoms with E-state index in [1.807, 2.05) is 6.07 Å². The topological polar surface area (TPSA) is 12.9 Å². The van der Waals surface area contributed by atoms with Crippen LogP contribution in [0, 0.1) is 0 Å². The second-order valence-electron chi connectivity index (χ2n) is 3.81. The van der Waals surface area contributed by atoms with Gasteiger partial charge in [0.15, 0.2) is 0 Å². The number of benzene rings is 2. The summed E-state index contributed by atoms with van der Waals surface area (Å²) in [6, 6.07) is 23.2. The number of aromatic nitrogens is 1. The van der Waals surface area contributed by atoms with Gasteiger partial charge in [-0.05, 0) is 0 Å². The molecule has 0 radical (unpaired) electrons. The maximum atomic E-state index is 4.72. The van der Waals surface area contributed by atoms with Gasteiger partial charge < -0.3 is 0 Å². The first-order valence-corrected chi connectivity index (χ1v) is 7.72. The van der Waals surface area contributed by atoms with E-state index in [-0.39, 0.29) is 0 Å². The van der Waals surface area contributed by atoms with Crippen LogP contribution >= 0.6 is 0 Å². The van der Waals surface area contributed by atoms with E-state index in [2.05, 4.69) is 60.7 Å². The minimum atomic E-state index is -0.402. The molecule has 0 saturated heterocycles. The summed E-state index contributed by atoms with van der Waals surface area (Å²) in [7, 11) is 0. The summed E-state index contributed by atoms with van der Waals surface area (Å²) in [5.74, 6) is 0. The fourth-order valence-corrected chi connectivity index (χ4v) is 3.93. The van der Waals surface area contributed by atoms with Gasteiger partial charge in [0.05, 0.1) is 0 Å². The molecular formula is C15H11NTe. The third kappa shape index (κ3) is 2.34. The molecule has 0 aliphatic carbocycles. The zero-order chi connectivity index (χ0) is 11.5. The van der Waals surface area contributed by atoms with Crippen molar-refractivity contribution in [3.05, 3.63) is 66.7 Å². The van der Waals surface area contributed by atoms with E-state index in [4.69, 9.17) is 3.21 Å². The SMILES string of the molecule is c1ccc(-c2cc(-c3ccccc3)[te]n2)cc1. The first kappa shape index (κ1) is 10.8. The van der Waals surface area contributed by atoms with Crippen LogP contribution in [0.2, 0.25) is 0 Å². The second-order valence-corrected chi connectivity index (χ2v) is 6.11. The van der Waals surface area contributed by atoms with Gasteiger partial charge in [-0.25, -0.2) is 0 Å². The van der Waals surface area contributed by atoms with Gasteiger partial charge in [-0.1, -0.05) is 0 Å². The summed E-state index contributed by atoms with van der Waals surface area (Å²) in [5, 5.41) is 0. The standard InChI is InChI=1S/C15H11NTe/c1-3-7-12(8-4-1)14-11-15(17-16-14)13-9-5-2-6-10-13/h1-11H. The van der Waals surface area contributed by atoms with Crippen LogP contribution in [0.25, 0.3) is 20.4 Å². The first-order chi connectivity index (χ1) is 8.43. The van der Waals surface area contributed by atoms with Gasteiger partial charge >= 0.3 is 111 Å². The molecule has 0 spiro atoms. The summed E-state index contributed by atoms with van der Waals surface area (Å²) in [6.07, 6.45) is 0. The summed E-state index contributed by atoms with van der Waals surface area (Å²) in [4.78, 5) is 0. The molecule has 1 aromatic heterocycles. The summed E-state index contributed by atoms with van der Waals surface area (Å²) in [6.45, 7) is 0. The Morgan fingerprint density at radius 1 is 0.706 bits per heavy atom. The van der Waals surface area contributed by atoms with Crippen LogP contribution in [-0.4, -0.2) is 23.9 Å². The molecule has 3 aromatic rings. The normalized spacial score (nSPS) is 10.4. The van der Waals surface area contributed by atoms with Crippen LogP contribution < -0.4 is 0 Å². The van der Waals surface area contributed by atoms with Crippen LogP contribution in [0.5, 0.6) is 0 Å². The molecule has 2 aromatic carbocycles. The molecule has 1 nitrogen and oxygen atoms in total. The van der Waals surface area contributed by atoms with Gasteiger partial charge in [0, 0.05) is 0 Å². The molecule has 0 N–H and O–H groups in total. The predicted octanol–water partition coefficient (Wildman–Crippen LogP) is 3.47. The van der Waals surface area contributed by atoms with Crippen LogP contribution in [-0.2, 0) is 0 Å². The fourth-order valence-electron chi connectivity index (χ4n) is 1.76. The summed E-state index contributed by atoms with van der Waals surface area (Å²) in [5.41, 5.74) is 3.69. The number of rotatable bonds is 2. The summed E-state index contributed by atoms with van der Waals surface area (Å²) < 4.78 is 6.14. The second kappa shape index (κ2) is 4.87. The van der Waals surface area contributed by atoms with Crippen molar-refractivity contribution in [1.29, 1.82) is 0 Å². The zero-order valence-electron chi connectivity index (χ0n) is 9.21. The Morgan fingerprint density at radius 3 is 1.94 bits per heavy atom. The predicted molar refractivity (Wildman–Crippen MR) is 72.0 cm³/mol. The van der Waals surface area contributed by atoms with Crippen LogP contribution in [0.3, 0.4) is 0 Å². The minimum absolute atomic E-state index is 0.402. The van der Waals surface area contributed by atoms with Gasteiger partial charge in [0.1, 0.15) is 0 Å². The average Bonchev–Trinajstić information content (AvgIpc) is 2.90. The zero-order valence-corrected chi connectivity index (χ0v) is 11.5. The van der Waals surface area contributed by atoms with Crippen molar-refractivity contribution in [2.75, 3.05) is 0 Å². The van der Waals surface area contributed by atoms with E-state index < -0.39 is 20.7 Å². The molecule has 3 rings (SSSR count). The Balaban J connectivity index is 1.99. The summed E-state index contributed by atoms with van der Waals surface area (Å²) >= 11 is -0.402. The molecule has 0 aliphatic heterocycles. The molecule has 17 heavy (non-hydrogen) atoms. The van der Waals surface area contributed by atoms with Crippen molar-refractivity contribution in [1.82, 2.24) is 3.21 Å². The molecule has 0 saturated carbocycles. The molecular weight excluding hydrogens is 322 g/mol. The Kier molecular flexibility index (Phi) is 3.09. The van der Waals surface area contributed by atoms with Gasteiger partial charge in [-0.2, -0.15) is 0 Å². The number of nitrogens with zero attached hydrogens (tertiary/aromatic N) is 1. The molecule has 0 amide bonds. The monoisotopic (exact) mass is 335 g/mol. The Morgan fingerprint density at radius 2 is 1.29 bits per heavy atom.